The highest BCUT2D eigenvalue weighted by Gasteiger charge is 2.47. The summed E-state index contributed by atoms with van der Waals surface area (Å²) >= 11 is 3.40. The molecule has 3 saturated carbocycles. The summed E-state index contributed by atoms with van der Waals surface area (Å²) in [7, 11) is 0. The molecule has 5 rings (SSSR count). The van der Waals surface area contributed by atoms with Crippen LogP contribution in [0, 0.1) is 11.3 Å². The Morgan fingerprint density at radius 3 is 2.44 bits per heavy atom. The van der Waals surface area contributed by atoms with Crippen molar-refractivity contribution in [1.29, 1.82) is 5.26 Å². The molecule has 3 N–H and O–H groups in total. The van der Waals surface area contributed by atoms with Gasteiger partial charge in [-0.15, -0.1) is 0 Å². The van der Waals surface area contributed by atoms with Crippen LogP contribution >= 0.6 is 15.9 Å². The first kappa shape index (κ1) is 18.5. The van der Waals surface area contributed by atoms with Gasteiger partial charge < -0.3 is 15.6 Å². The maximum Gasteiger partial charge on any atom is 0.406 e. The highest BCUT2D eigenvalue weighted by atomic mass is 79.9. The maximum atomic E-state index is 13.0. The number of pyridine rings is 1. The Balaban J connectivity index is 1.74. The van der Waals surface area contributed by atoms with Gasteiger partial charge in [-0.1, -0.05) is 0 Å². The standard InChI is InChI=1S/C17H18BrF3N6/c18-12-13-10(25-11(7-22)27(13)9-17(19,20)21)8-24-14(12)26-16-4-1-15(23,2-5-16)3-6-16/h8H,1-6,9,23H2,(H,24,26). The number of alkyl halides is 3. The highest BCUT2D eigenvalue weighted by molar-refractivity contribution is 9.10. The van der Waals surface area contributed by atoms with Crippen LogP contribution < -0.4 is 11.1 Å². The van der Waals surface area contributed by atoms with Gasteiger partial charge in [-0.05, 0) is 54.5 Å². The molecule has 6 nitrogen and oxygen atoms in total. The quantitative estimate of drug-likeness (QED) is 0.752. The van der Waals surface area contributed by atoms with Gasteiger partial charge in [-0.25, -0.2) is 9.97 Å². The van der Waals surface area contributed by atoms with E-state index in [-0.39, 0.29) is 27.9 Å². The number of hydrogen-bond donors (Lipinski definition) is 2. The molecule has 0 spiro atoms. The molecule has 0 radical (unpaired) electrons. The van der Waals surface area contributed by atoms with Gasteiger partial charge in [0.1, 0.15) is 23.9 Å². The van der Waals surface area contributed by atoms with Crippen molar-refractivity contribution in [3.8, 4) is 6.07 Å². The fourth-order valence-electron chi connectivity index (χ4n) is 4.25. The molecule has 27 heavy (non-hydrogen) atoms. The molecule has 0 atom stereocenters. The van der Waals surface area contributed by atoms with Crippen LogP contribution in [-0.4, -0.2) is 31.8 Å². The number of fused-ring (bicyclic) bond motifs is 4. The van der Waals surface area contributed by atoms with Crippen LogP contribution in [-0.2, 0) is 6.54 Å². The van der Waals surface area contributed by atoms with Crippen molar-refractivity contribution in [1.82, 2.24) is 14.5 Å². The number of imidazole rings is 1. The lowest BCUT2D eigenvalue weighted by Crippen LogP contribution is -2.57. The molecule has 2 aromatic heterocycles. The smallest absolute Gasteiger partial charge is 0.364 e. The molecule has 3 aliphatic carbocycles. The number of aromatic nitrogens is 3. The summed E-state index contributed by atoms with van der Waals surface area (Å²) in [5.74, 6) is 0.185. The van der Waals surface area contributed by atoms with Gasteiger partial charge in [-0.3, -0.25) is 0 Å². The maximum absolute atomic E-state index is 13.0. The van der Waals surface area contributed by atoms with Crippen molar-refractivity contribution in [3.63, 3.8) is 0 Å². The van der Waals surface area contributed by atoms with E-state index in [4.69, 9.17) is 5.73 Å². The Hall–Kier alpha value is -1.86. The second-order valence-electron chi connectivity index (χ2n) is 7.67. The zero-order valence-corrected chi connectivity index (χ0v) is 16.0. The van der Waals surface area contributed by atoms with Crippen LogP contribution in [0.4, 0.5) is 19.0 Å². The van der Waals surface area contributed by atoms with Crippen LogP contribution in [0.5, 0.6) is 0 Å². The summed E-state index contributed by atoms with van der Waals surface area (Å²) in [6.45, 7) is -1.28. The summed E-state index contributed by atoms with van der Waals surface area (Å²) in [6.07, 6.45) is 2.42. The number of nitrogens with two attached hydrogens (primary N) is 1. The summed E-state index contributed by atoms with van der Waals surface area (Å²) in [6, 6.07) is 1.73. The molecule has 0 aliphatic heterocycles. The number of hydrogen-bond acceptors (Lipinski definition) is 5. The summed E-state index contributed by atoms with van der Waals surface area (Å²) < 4.78 is 40.3. The van der Waals surface area contributed by atoms with Crippen LogP contribution in [0.15, 0.2) is 10.7 Å². The fourth-order valence-corrected chi connectivity index (χ4v) is 4.86. The third-order valence-electron chi connectivity index (χ3n) is 5.85. The fraction of sp³-hybridized carbons (Fsp3) is 0.588. The van der Waals surface area contributed by atoms with Gasteiger partial charge in [0.05, 0.1) is 16.2 Å². The first-order valence-corrected chi connectivity index (χ1v) is 9.52. The number of halogens is 4. The lowest BCUT2D eigenvalue weighted by molar-refractivity contribution is -0.140. The third-order valence-corrected chi connectivity index (χ3v) is 6.60. The lowest BCUT2D eigenvalue weighted by Gasteiger charge is -2.52. The van der Waals surface area contributed by atoms with E-state index >= 15 is 0 Å². The minimum absolute atomic E-state index is 0.0783. The number of anilines is 1. The molecule has 144 valence electrons. The van der Waals surface area contributed by atoms with E-state index in [1.54, 1.807) is 6.07 Å². The van der Waals surface area contributed by atoms with Gasteiger partial charge in [0.2, 0.25) is 5.82 Å². The van der Waals surface area contributed by atoms with Gasteiger partial charge >= 0.3 is 6.18 Å². The molecule has 0 unspecified atom stereocenters. The van der Waals surface area contributed by atoms with E-state index < -0.39 is 12.7 Å². The largest absolute Gasteiger partial charge is 0.406 e. The summed E-state index contributed by atoms with van der Waals surface area (Å²) in [4.78, 5) is 8.34. The average molecular weight is 443 g/mol. The van der Waals surface area contributed by atoms with Crippen molar-refractivity contribution in [2.24, 2.45) is 5.73 Å². The van der Waals surface area contributed by atoms with Gasteiger partial charge in [0.25, 0.3) is 0 Å². The van der Waals surface area contributed by atoms with E-state index in [9.17, 15) is 18.4 Å². The van der Waals surface area contributed by atoms with Crippen molar-refractivity contribution < 1.29 is 13.2 Å². The number of nitriles is 1. The van der Waals surface area contributed by atoms with Crippen LogP contribution in [0.25, 0.3) is 11.0 Å². The first-order valence-electron chi connectivity index (χ1n) is 8.72. The monoisotopic (exact) mass is 442 g/mol. The second kappa shape index (κ2) is 6.07. The van der Waals surface area contributed by atoms with Crippen LogP contribution in [0.3, 0.4) is 0 Å². The Labute approximate surface area is 162 Å². The molecular weight excluding hydrogens is 425 g/mol. The lowest BCUT2D eigenvalue weighted by atomic mass is 9.62. The van der Waals surface area contributed by atoms with E-state index in [0.717, 1.165) is 43.1 Å². The molecule has 3 fully saturated rings. The summed E-state index contributed by atoms with van der Waals surface area (Å²) in [5, 5.41) is 12.6. The molecule has 2 bridgehead atoms. The molecule has 0 amide bonds. The first-order chi connectivity index (χ1) is 12.6. The van der Waals surface area contributed by atoms with Gasteiger partial charge in [0, 0.05) is 11.1 Å². The number of rotatable bonds is 3. The Morgan fingerprint density at radius 2 is 1.89 bits per heavy atom. The van der Waals surface area contributed by atoms with E-state index in [0.29, 0.717) is 10.3 Å². The molecule has 0 aromatic carbocycles. The Morgan fingerprint density at radius 1 is 1.26 bits per heavy atom. The highest BCUT2D eigenvalue weighted by Crippen LogP contribution is 2.47. The van der Waals surface area contributed by atoms with Crippen molar-refractivity contribution in [2.45, 2.75) is 62.3 Å². The van der Waals surface area contributed by atoms with E-state index in [1.807, 2.05) is 0 Å². The predicted molar refractivity (Wildman–Crippen MR) is 97.0 cm³/mol. The average Bonchev–Trinajstić information content (AvgIpc) is 2.95. The number of nitrogens with one attached hydrogen (secondary N) is 1. The zero-order valence-electron chi connectivity index (χ0n) is 14.4. The topological polar surface area (TPSA) is 92.6 Å². The molecular formula is C17H18BrF3N6. The molecule has 2 aromatic rings. The minimum Gasteiger partial charge on any atom is -0.364 e. The van der Waals surface area contributed by atoms with E-state index in [2.05, 4.69) is 31.2 Å². The minimum atomic E-state index is -4.47. The Bertz CT molecular complexity index is 920. The second-order valence-corrected chi connectivity index (χ2v) is 8.46. The SMILES string of the molecule is N#Cc1nc2cnc(NC34CCC(N)(CC3)CC4)c(Br)c2n1CC(F)(F)F. The van der Waals surface area contributed by atoms with Gasteiger partial charge in [0.15, 0.2) is 0 Å². The molecule has 10 heteroatoms. The third kappa shape index (κ3) is 3.27. The van der Waals surface area contributed by atoms with Crippen molar-refractivity contribution >= 4 is 32.8 Å². The molecule has 3 aliphatic rings. The normalized spacial score (nSPS) is 27.7. The van der Waals surface area contributed by atoms with Crippen LogP contribution in [0.2, 0.25) is 0 Å². The van der Waals surface area contributed by atoms with E-state index in [1.165, 1.54) is 6.20 Å². The summed E-state index contributed by atoms with van der Waals surface area (Å²) in [5.41, 5.74) is 6.60. The zero-order chi connectivity index (χ0) is 19.4. The van der Waals surface area contributed by atoms with Crippen molar-refractivity contribution in [2.75, 3.05) is 5.32 Å². The Kier molecular flexibility index (Phi) is 4.16. The molecule has 0 saturated heterocycles. The van der Waals surface area contributed by atoms with Crippen molar-refractivity contribution in [3.05, 3.63) is 16.5 Å². The van der Waals surface area contributed by atoms with Gasteiger partial charge in [-0.2, -0.15) is 18.4 Å². The predicted octanol–water partition coefficient (Wildman–Crippen LogP) is 3.84. The van der Waals surface area contributed by atoms with Crippen LogP contribution in [0.1, 0.15) is 44.3 Å². The molecule has 2 heterocycles. The number of nitrogens with zero attached hydrogens (tertiary/aromatic N) is 4.